The summed E-state index contributed by atoms with van der Waals surface area (Å²) in [6.07, 6.45) is 63.8. The van der Waals surface area contributed by atoms with Crippen molar-refractivity contribution in [1.29, 1.82) is 0 Å². The maximum atomic E-state index is 13.1. The number of carbonyl (C=O) groups is 4. The van der Waals surface area contributed by atoms with Crippen LogP contribution in [-0.2, 0) is 65.4 Å². The molecule has 97 heavy (non-hydrogen) atoms. The lowest BCUT2D eigenvalue weighted by atomic mass is 10.0. The molecular formula is C78H152O17P2. The summed E-state index contributed by atoms with van der Waals surface area (Å²) in [7, 11) is -9.91. The van der Waals surface area contributed by atoms with Crippen LogP contribution in [0.4, 0.5) is 0 Å². The summed E-state index contributed by atoms with van der Waals surface area (Å²) >= 11 is 0. The second-order valence-electron chi connectivity index (χ2n) is 28.1. The van der Waals surface area contributed by atoms with Crippen LogP contribution < -0.4 is 0 Å². The molecule has 0 aliphatic rings. The fourth-order valence-electron chi connectivity index (χ4n) is 12.1. The van der Waals surface area contributed by atoms with E-state index < -0.39 is 97.5 Å². The Bertz CT molecular complexity index is 1840. The van der Waals surface area contributed by atoms with Crippen molar-refractivity contribution in [3.63, 3.8) is 0 Å². The molecule has 0 bridgehead atoms. The highest BCUT2D eigenvalue weighted by Crippen LogP contribution is 2.45. The Kier molecular flexibility index (Phi) is 71.0. The number of phosphoric acid groups is 2. The molecule has 0 radical (unpaired) electrons. The summed E-state index contributed by atoms with van der Waals surface area (Å²) < 4.78 is 68.5. The van der Waals surface area contributed by atoms with Crippen LogP contribution >= 0.6 is 15.6 Å². The average molecular weight is 1420 g/mol. The molecule has 17 nitrogen and oxygen atoms in total. The van der Waals surface area contributed by atoms with E-state index in [9.17, 15) is 43.2 Å². The van der Waals surface area contributed by atoms with Crippen LogP contribution in [-0.4, -0.2) is 96.7 Å². The first-order valence-corrected chi connectivity index (χ1v) is 43.8. The second kappa shape index (κ2) is 72.4. The van der Waals surface area contributed by atoms with Gasteiger partial charge in [-0.05, 0) is 25.7 Å². The zero-order valence-corrected chi connectivity index (χ0v) is 64.8. The average Bonchev–Trinajstić information content (AvgIpc) is 0.994. The fraction of sp³-hybridized carbons (Fsp3) is 0.949. The molecule has 0 aliphatic heterocycles. The first kappa shape index (κ1) is 95.1. The number of unbranched alkanes of at least 4 members (excludes halogenated alkanes) is 53. The number of ether oxygens (including phenoxy) is 4. The van der Waals surface area contributed by atoms with Gasteiger partial charge in [-0.2, -0.15) is 0 Å². The van der Waals surface area contributed by atoms with Crippen LogP contribution in [0, 0.1) is 0 Å². The summed E-state index contributed by atoms with van der Waals surface area (Å²) in [5, 5.41) is 10.6. The van der Waals surface area contributed by atoms with E-state index >= 15 is 0 Å². The molecule has 0 aromatic rings. The predicted octanol–water partition coefficient (Wildman–Crippen LogP) is 23.4. The quantitative estimate of drug-likeness (QED) is 0.0222. The van der Waals surface area contributed by atoms with Crippen LogP contribution in [0.25, 0.3) is 0 Å². The maximum Gasteiger partial charge on any atom is 0.472 e. The molecule has 576 valence electrons. The third kappa shape index (κ3) is 72.2. The van der Waals surface area contributed by atoms with Gasteiger partial charge < -0.3 is 33.8 Å². The maximum absolute atomic E-state index is 13.1. The minimum absolute atomic E-state index is 0.108. The lowest BCUT2D eigenvalue weighted by molar-refractivity contribution is -0.161. The van der Waals surface area contributed by atoms with E-state index in [1.165, 1.54) is 250 Å². The first-order valence-electron chi connectivity index (χ1n) is 40.8. The highest BCUT2D eigenvalue weighted by atomic mass is 31.2. The van der Waals surface area contributed by atoms with E-state index in [4.69, 9.17) is 37.0 Å². The van der Waals surface area contributed by atoms with Crippen LogP contribution in [0.1, 0.15) is 419 Å². The van der Waals surface area contributed by atoms with Gasteiger partial charge in [-0.3, -0.25) is 37.3 Å². The van der Waals surface area contributed by atoms with Gasteiger partial charge in [0.05, 0.1) is 26.4 Å². The Hall–Kier alpha value is -1.94. The highest BCUT2D eigenvalue weighted by Gasteiger charge is 2.30. The standard InChI is InChI=1S/C78H152O17P2/c1-5-9-13-17-21-25-28-31-34-35-36-37-38-40-43-46-49-53-57-61-65-78(83)95-74(69-89-76(81)63-59-55-51-47-44-42-39-32-29-26-22-18-14-10-6-2)71-93-97(86,87)91-67-72(79)66-90-96(84,85)92-70-73(68-88-75(80)62-58-54-50-24-20-16-12-8-4)94-77(82)64-60-56-52-48-45-41-33-30-27-23-19-15-11-7-3/h72-74,79H,5-71H2,1-4H3,(H,84,85)(H,86,87)/t72-,73+,74+/m0/s1. The van der Waals surface area contributed by atoms with E-state index in [0.29, 0.717) is 25.7 Å². The third-order valence-corrected chi connectivity index (χ3v) is 20.3. The third-order valence-electron chi connectivity index (χ3n) is 18.4. The van der Waals surface area contributed by atoms with Gasteiger partial charge >= 0.3 is 39.5 Å². The van der Waals surface area contributed by atoms with Crippen molar-refractivity contribution >= 4 is 39.5 Å². The van der Waals surface area contributed by atoms with E-state index in [-0.39, 0.29) is 25.7 Å². The number of hydrogen-bond donors (Lipinski definition) is 3. The fourth-order valence-corrected chi connectivity index (χ4v) is 13.7. The van der Waals surface area contributed by atoms with Gasteiger partial charge in [0.25, 0.3) is 0 Å². The predicted molar refractivity (Wildman–Crippen MR) is 395 cm³/mol. The van der Waals surface area contributed by atoms with Crippen molar-refractivity contribution in [2.45, 2.75) is 438 Å². The molecular weight excluding hydrogens is 1270 g/mol. The van der Waals surface area contributed by atoms with E-state index in [1.807, 2.05) is 0 Å². The number of aliphatic hydroxyl groups is 1. The smallest absolute Gasteiger partial charge is 0.462 e. The van der Waals surface area contributed by atoms with Gasteiger partial charge in [0.15, 0.2) is 12.2 Å². The zero-order valence-electron chi connectivity index (χ0n) is 63.1. The Morgan fingerprint density at radius 3 is 0.608 bits per heavy atom. The van der Waals surface area contributed by atoms with Crippen LogP contribution in [0.3, 0.4) is 0 Å². The molecule has 0 spiro atoms. The summed E-state index contributed by atoms with van der Waals surface area (Å²) in [6, 6.07) is 0. The monoisotopic (exact) mass is 1420 g/mol. The number of hydrogen-bond acceptors (Lipinski definition) is 15. The number of aliphatic hydroxyl groups excluding tert-OH is 1. The summed E-state index contributed by atoms with van der Waals surface area (Å²) in [5.74, 6) is -2.11. The van der Waals surface area contributed by atoms with Crippen LogP contribution in [0.15, 0.2) is 0 Å². The summed E-state index contributed by atoms with van der Waals surface area (Å²) in [6.45, 7) is 4.98. The zero-order chi connectivity index (χ0) is 71.1. The lowest BCUT2D eigenvalue weighted by Crippen LogP contribution is -2.30. The largest absolute Gasteiger partial charge is 0.472 e. The molecule has 3 N–H and O–H groups in total. The lowest BCUT2D eigenvalue weighted by Gasteiger charge is -2.21. The number of carbonyl (C=O) groups excluding carboxylic acids is 4. The first-order chi connectivity index (χ1) is 47.2. The van der Waals surface area contributed by atoms with Crippen molar-refractivity contribution in [2.75, 3.05) is 39.6 Å². The number of rotatable bonds is 79. The van der Waals surface area contributed by atoms with Gasteiger partial charge in [0.1, 0.15) is 19.3 Å². The van der Waals surface area contributed by atoms with Crippen molar-refractivity contribution in [3.05, 3.63) is 0 Å². The molecule has 0 aromatic heterocycles. The van der Waals surface area contributed by atoms with E-state index in [2.05, 4.69) is 27.7 Å². The van der Waals surface area contributed by atoms with Gasteiger partial charge in [-0.25, -0.2) is 9.13 Å². The molecule has 0 rings (SSSR count). The van der Waals surface area contributed by atoms with Crippen LogP contribution in [0.2, 0.25) is 0 Å². The Morgan fingerprint density at radius 1 is 0.247 bits per heavy atom. The van der Waals surface area contributed by atoms with E-state index in [1.54, 1.807) is 0 Å². The number of phosphoric ester groups is 2. The molecule has 0 fully saturated rings. The Balaban J connectivity index is 5.19. The topological polar surface area (TPSA) is 237 Å². The molecule has 2 unspecified atom stereocenters. The SMILES string of the molecule is CCCCCCCCCCCCCCCCCCCCCCC(=O)O[C@H](COC(=O)CCCCCCCCCCCCCCCCC)COP(=O)(O)OC[C@@H](O)COP(=O)(O)OC[C@@H](COC(=O)CCCCCCCCCC)OC(=O)CCCCCCCCCCCCCCCC. The summed E-state index contributed by atoms with van der Waals surface area (Å²) in [5.41, 5.74) is 0. The van der Waals surface area contributed by atoms with Crippen molar-refractivity contribution in [1.82, 2.24) is 0 Å². The van der Waals surface area contributed by atoms with Crippen molar-refractivity contribution in [2.24, 2.45) is 0 Å². The molecule has 0 saturated carbocycles. The van der Waals surface area contributed by atoms with Crippen molar-refractivity contribution in [3.8, 4) is 0 Å². The molecule has 19 heteroatoms. The number of esters is 4. The minimum Gasteiger partial charge on any atom is -0.462 e. The van der Waals surface area contributed by atoms with Gasteiger partial charge in [-0.1, -0.05) is 368 Å². The molecule has 0 saturated heterocycles. The molecule has 0 aromatic carbocycles. The Labute approximate surface area is 594 Å². The Morgan fingerprint density at radius 2 is 0.412 bits per heavy atom. The highest BCUT2D eigenvalue weighted by molar-refractivity contribution is 7.47. The van der Waals surface area contributed by atoms with Crippen LogP contribution in [0.5, 0.6) is 0 Å². The summed E-state index contributed by atoms with van der Waals surface area (Å²) in [4.78, 5) is 72.8. The molecule has 5 atom stereocenters. The van der Waals surface area contributed by atoms with Crippen molar-refractivity contribution < 1.29 is 80.2 Å². The molecule has 0 aliphatic carbocycles. The second-order valence-corrected chi connectivity index (χ2v) is 31.0. The molecule has 0 heterocycles. The molecule has 0 amide bonds. The minimum atomic E-state index is -4.96. The van der Waals surface area contributed by atoms with Gasteiger partial charge in [-0.15, -0.1) is 0 Å². The van der Waals surface area contributed by atoms with Gasteiger partial charge in [0, 0.05) is 25.7 Å². The van der Waals surface area contributed by atoms with Gasteiger partial charge in [0.2, 0.25) is 0 Å². The van der Waals surface area contributed by atoms with E-state index in [0.717, 1.165) is 89.9 Å². The normalized spacial score (nSPS) is 13.8.